The van der Waals surface area contributed by atoms with E-state index in [1.165, 1.54) is 0 Å². The number of anilines is 1. The van der Waals surface area contributed by atoms with Gasteiger partial charge in [0.1, 0.15) is 11.8 Å². The molecule has 2 aromatic carbocycles. The number of hydrogen-bond donors (Lipinski definition) is 1. The van der Waals surface area contributed by atoms with Crippen molar-refractivity contribution in [3.05, 3.63) is 59.2 Å². The van der Waals surface area contributed by atoms with Crippen molar-refractivity contribution in [1.82, 2.24) is 5.32 Å². The van der Waals surface area contributed by atoms with E-state index in [-0.39, 0.29) is 11.9 Å². The fraction of sp³-hybridized carbons (Fsp3) is 0.381. The second-order valence-electron chi connectivity index (χ2n) is 7.05. The Hall–Kier alpha value is -2.54. The largest absolute Gasteiger partial charge is 0.496 e. The van der Waals surface area contributed by atoms with Gasteiger partial charge in [-0.3, -0.25) is 9.10 Å². The van der Waals surface area contributed by atoms with E-state index >= 15 is 0 Å². The highest BCUT2D eigenvalue weighted by Crippen LogP contribution is 2.26. The molecule has 0 bridgehead atoms. The first-order valence-corrected chi connectivity index (χ1v) is 10.9. The molecule has 0 aliphatic carbocycles. The highest BCUT2D eigenvalue weighted by atomic mass is 32.2. The molecule has 2 atom stereocenters. The first-order chi connectivity index (χ1) is 13.0. The van der Waals surface area contributed by atoms with E-state index in [4.69, 9.17) is 4.74 Å². The average molecular weight is 405 g/mol. The monoisotopic (exact) mass is 404 g/mol. The van der Waals surface area contributed by atoms with Crippen molar-refractivity contribution >= 4 is 21.6 Å². The average Bonchev–Trinajstić information content (AvgIpc) is 2.59. The van der Waals surface area contributed by atoms with Crippen LogP contribution < -0.4 is 14.4 Å². The van der Waals surface area contributed by atoms with Crippen molar-refractivity contribution in [2.45, 2.75) is 39.8 Å². The van der Waals surface area contributed by atoms with Crippen molar-refractivity contribution in [1.29, 1.82) is 0 Å². The van der Waals surface area contributed by atoms with Crippen LogP contribution in [0.25, 0.3) is 0 Å². The quantitative estimate of drug-likeness (QED) is 0.768. The number of aryl methyl sites for hydroxylation is 2. The van der Waals surface area contributed by atoms with Gasteiger partial charge in [0, 0.05) is 5.56 Å². The molecule has 0 aromatic heterocycles. The number of nitrogens with one attached hydrogen (secondary N) is 1. The molecule has 0 saturated carbocycles. The lowest BCUT2D eigenvalue weighted by molar-refractivity contribution is -0.122. The van der Waals surface area contributed by atoms with Gasteiger partial charge in [-0.2, -0.15) is 0 Å². The van der Waals surface area contributed by atoms with Gasteiger partial charge in [0.25, 0.3) is 0 Å². The fourth-order valence-corrected chi connectivity index (χ4v) is 4.48. The molecule has 28 heavy (non-hydrogen) atoms. The number of sulfonamides is 1. The van der Waals surface area contributed by atoms with Gasteiger partial charge < -0.3 is 10.1 Å². The van der Waals surface area contributed by atoms with Gasteiger partial charge in [-0.05, 0) is 57.0 Å². The topological polar surface area (TPSA) is 75.7 Å². The van der Waals surface area contributed by atoms with Crippen molar-refractivity contribution in [2.24, 2.45) is 0 Å². The third-order valence-electron chi connectivity index (χ3n) is 4.51. The molecule has 1 amide bonds. The van der Waals surface area contributed by atoms with E-state index in [1.54, 1.807) is 26.2 Å². The summed E-state index contributed by atoms with van der Waals surface area (Å²) in [7, 11) is -2.09. The minimum Gasteiger partial charge on any atom is -0.496 e. The van der Waals surface area contributed by atoms with Crippen molar-refractivity contribution < 1.29 is 17.9 Å². The molecule has 0 aliphatic heterocycles. The van der Waals surface area contributed by atoms with E-state index in [0.717, 1.165) is 27.3 Å². The third kappa shape index (κ3) is 5.04. The van der Waals surface area contributed by atoms with Crippen molar-refractivity contribution in [3.8, 4) is 5.75 Å². The molecular weight excluding hydrogens is 376 g/mol. The summed E-state index contributed by atoms with van der Waals surface area (Å²) in [5.41, 5.74) is 3.16. The molecule has 0 saturated heterocycles. The zero-order valence-electron chi connectivity index (χ0n) is 17.2. The predicted octanol–water partition coefficient (Wildman–Crippen LogP) is 3.34. The Bertz CT molecular complexity index is 936. The zero-order valence-corrected chi connectivity index (χ0v) is 18.0. The number of ether oxygens (including phenoxy) is 1. The second kappa shape index (κ2) is 8.65. The summed E-state index contributed by atoms with van der Waals surface area (Å²) in [4.78, 5) is 12.9. The lowest BCUT2D eigenvalue weighted by Gasteiger charge is -2.30. The SMILES string of the molecule is COc1ccccc1C(C)NC(=O)C(C)N(c1cc(C)cc(C)c1)S(C)(=O)=O. The Morgan fingerprint density at radius 2 is 1.64 bits per heavy atom. The number of para-hydroxylation sites is 1. The highest BCUT2D eigenvalue weighted by molar-refractivity contribution is 7.92. The maximum atomic E-state index is 12.9. The van der Waals surface area contributed by atoms with Crippen molar-refractivity contribution in [2.75, 3.05) is 17.7 Å². The van der Waals surface area contributed by atoms with Crippen LogP contribution >= 0.6 is 0 Å². The maximum Gasteiger partial charge on any atom is 0.244 e. The van der Waals surface area contributed by atoms with Gasteiger partial charge in [-0.25, -0.2) is 8.42 Å². The van der Waals surface area contributed by atoms with Crippen LogP contribution in [0.15, 0.2) is 42.5 Å². The van der Waals surface area contributed by atoms with E-state index in [9.17, 15) is 13.2 Å². The summed E-state index contributed by atoms with van der Waals surface area (Å²) in [6.07, 6.45) is 1.11. The van der Waals surface area contributed by atoms with Crippen LogP contribution in [0.4, 0.5) is 5.69 Å². The standard InChI is InChI=1S/C21H28N2O4S/c1-14-11-15(2)13-18(12-14)23(28(6,25)26)17(4)21(24)22-16(3)19-9-7-8-10-20(19)27-5/h7-13,16-17H,1-6H3,(H,22,24). The summed E-state index contributed by atoms with van der Waals surface area (Å²) in [6.45, 7) is 7.21. The number of hydrogen-bond acceptors (Lipinski definition) is 4. The highest BCUT2D eigenvalue weighted by Gasteiger charge is 2.30. The smallest absolute Gasteiger partial charge is 0.244 e. The maximum absolute atomic E-state index is 12.9. The summed E-state index contributed by atoms with van der Waals surface area (Å²) in [5, 5.41) is 2.90. The number of nitrogens with zero attached hydrogens (tertiary/aromatic N) is 1. The molecule has 0 fully saturated rings. The zero-order chi connectivity index (χ0) is 21.1. The number of benzene rings is 2. The molecule has 0 radical (unpaired) electrons. The Morgan fingerprint density at radius 1 is 1.07 bits per heavy atom. The van der Waals surface area contributed by atoms with Gasteiger partial charge in [0.2, 0.25) is 15.9 Å². The molecule has 0 heterocycles. The van der Waals surface area contributed by atoms with Gasteiger partial charge in [0.15, 0.2) is 0 Å². The Morgan fingerprint density at radius 3 is 2.18 bits per heavy atom. The minimum absolute atomic E-state index is 0.341. The minimum atomic E-state index is -3.66. The molecule has 0 aliphatic rings. The summed E-state index contributed by atoms with van der Waals surface area (Å²) >= 11 is 0. The van der Waals surface area contributed by atoms with E-state index in [2.05, 4.69) is 5.32 Å². The van der Waals surface area contributed by atoms with E-state index in [0.29, 0.717) is 11.4 Å². The molecule has 0 spiro atoms. The van der Waals surface area contributed by atoms with E-state index < -0.39 is 16.1 Å². The molecule has 152 valence electrons. The Balaban J connectivity index is 2.31. The second-order valence-corrected chi connectivity index (χ2v) is 8.91. The van der Waals surface area contributed by atoms with Crippen LogP contribution in [0.3, 0.4) is 0 Å². The molecular formula is C21H28N2O4S. The van der Waals surface area contributed by atoms with Gasteiger partial charge in [-0.15, -0.1) is 0 Å². The van der Waals surface area contributed by atoms with Gasteiger partial charge >= 0.3 is 0 Å². The first kappa shape index (κ1) is 21.8. The number of rotatable bonds is 7. The van der Waals surface area contributed by atoms with E-state index in [1.807, 2.05) is 51.1 Å². The van der Waals surface area contributed by atoms with Crippen LogP contribution in [0.1, 0.15) is 36.6 Å². The Kier molecular flexibility index (Phi) is 6.72. The van der Waals surface area contributed by atoms with Crippen LogP contribution in [0.2, 0.25) is 0 Å². The molecule has 7 heteroatoms. The van der Waals surface area contributed by atoms with Crippen molar-refractivity contribution in [3.63, 3.8) is 0 Å². The van der Waals surface area contributed by atoms with Crippen LogP contribution in [-0.2, 0) is 14.8 Å². The van der Waals surface area contributed by atoms with Gasteiger partial charge in [0.05, 0.1) is 25.1 Å². The molecule has 2 rings (SSSR count). The summed E-state index contributed by atoms with van der Waals surface area (Å²) < 4.78 is 31.5. The first-order valence-electron chi connectivity index (χ1n) is 9.05. The number of carbonyl (C=O) groups excluding carboxylic acids is 1. The number of methoxy groups -OCH3 is 1. The third-order valence-corrected chi connectivity index (χ3v) is 5.76. The molecule has 2 aromatic rings. The molecule has 1 N–H and O–H groups in total. The Labute approximate surface area is 167 Å². The summed E-state index contributed by atoms with van der Waals surface area (Å²) in [6, 6.07) is 11.6. The number of amides is 1. The predicted molar refractivity (Wildman–Crippen MR) is 112 cm³/mol. The summed E-state index contributed by atoms with van der Waals surface area (Å²) in [5.74, 6) is 0.278. The van der Waals surface area contributed by atoms with Crippen LogP contribution in [-0.4, -0.2) is 33.7 Å². The number of carbonyl (C=O) groups is 1. The van der Waals surface area contributed by atoms with Crippen LogP contribution in [0, 0.1) is 13.8 Å². The molecule has 2 unspecified atom stereocenters. The fourth-order valence-electron chi connectivity index (χ4n) is 3.32. The lowest BCUT2D eigenvalue weighted by Crippen LogP contribution is -2.48. The molecule has 6 nitrogen and oxygen atoms in total. The normalized spacial score (nSPS) is 13.5. The van der Waals surface area contributed by atoms with Crippen LogP contribution in [0.5, 0.6) is 5.75 Å². The lowest BCUT2D eigenvalue weighted by atomic mass is 10.1. The van der Waals surface area contributed by atoms with Gasteiger partial charge in [-0.1, -0.05) is 24.3 Å².